The Kier molecular flexibility index (Phi) is 3.77. The molecule has 1 heterocycles. The predicted octanol–water partition coefficient (Wildman–Crippen LogP) is 2.75. The topological polar surface area (TPSA) is 63.9 Å². The number of imidazole rings is 1. The van der Waals surface area contributed by atoms with Crippen molar-refractivity contribution in [1.82, 2.24) is 9.97 Å². The van der Waals surface area contributed by atoms with E-state index in [-0.39, 0.29) is 0 Å². The van der Waals surface area contributed by atoms with Crippen LogP contribution in [0.5, 0.6) is 5.75 Å². The Balaban J connectivity index is 2.06. The van der Waals surface area contributed by atoms with Crippen molar-refractivity contribution in [2.24, 2.45) is 0 Å². The van der Waals surface area contributed by atoms with Crippen LogP contribution in [0.25, 0.3) is 0 Å². The van der Waals surface area contributed by atoms with E-state index in [0.29, 0.717) is 11.1 Å². The van der Waals surface area contributed by atoms with Gasteiger partial charge in [0.2, 0.25) is 0 Å². The van der Waals surface area contributed by atoms with Gasteiger partial charge in [-0.15, -0.1) is 0 Å². The van der Waals surface area contributed by atoms with Gasteiger partial charge >= 0.3 is 0 Å². The summed E-state index contributed by atoms with van der Waals surface area (Å²) in [5.74, 6) is 1.27. The normalized spacial score (nSPS) is 10.6. The molecule has 0 radical (unpaired) electrons. The maximum Gasteiger partial charge on any atom is 0.199 e. The molecule has 5 heteroatoms. The molecule has 2 rings (SSSR count). The van der Waals surface area contributed by atoms with Gasteiger partial charge in [0.15, 0.2) is 11.1 Å². The molecular formula is C13H16ClN3O. The molecule has 1 aromatic carbocycles. The predicted molar refractivity (Wildman–Crippen MR) is 73.1 cm³/mol. The average Bonchev–Trinajstić information content (AvgIpc) is 2.65. The monoisotopic (exact) mass is 265 g/mol. The van der Waals surface area contributed by atoms with Gasteiger partial charge in [-0.25, -0.2) is 4.98 Å². The molecule has 0 aliphatic rings. The molecular weight excluding hydrogens is 250 g/mol. The minimum Gasteiger partial charge on any atom is -0.496 e. The molecule has 18 heavy (non-hydrogen) atoms. The lowest BCUT2D eigenvalue weighted by Gasteiger charge is -2.07. The number of rotatable bonds is 4. The molecule has 0 aliphatic carbocycles. The second kappa shape index (κ2) is 5.31. The first-order valence-corrected chi connectivity index (χ1v) is 6.11. The summed E-state index contributed by atoms with van der Waals surface area (Å²) in [6.45, 7) is 2.03. The Hall–Kier alpha value is -1.68. The zero-order valence-electron chi connectivity index (χ0n) is 10.5. The van der Waals surface area contributed by atoms with Crippen LogP contribution in [0.4, 0.5) is 5.95 Å². The van der Waals surface area contributed by atoms with Crippen LogP contribution in [0.3, 0.4) is 0 Å². The number of H-pyrrole nitrogens is 1. The molecule has 0 spiro atoms. The standard InChI is InChI=1S/C13H16ClN3O/c1-8-7-9(4-6-11(8)18-2)3-5-10-12(14)17-13(15)16-10/h4,6-7H,3,5H2,1-2H3,(H3,15,16,17). The van der Waals surface area contributed by atoms with E-state index in [0.717, 1.165) is 29.8 Å². The van der Waals surface area contributed by atoms with Gasteiger partial charge in [0.1, 0.15) is 5.75 Å². The molecule has 0 fully saturated rings. The van der Waals surface area contributed by atoms with Crippen molar-refractivity contribution in [1.29, 1.82) is 0 Å². The van der Waals surface area contributed by atoms with E-state index < -0.39 is 0 Å². The van der Waals surface area contributed by atoms with Crippen molar-refractivity contribution in [2.75, 3.05) is 12.8 Å². The lowest BCUT2D eigenvalue weighted by molar-refractivity contribution is 0.411. The number of nitrogens with zero attached hydrogens (tertiary/aromatic N) is 1. The van der Waals surface area contributed by atoms with Crippen molar-refractivity contribution in [3.05, 3.63) is 40.2 Å². The highest BCUT2D eigenvalue weighted by Crippen LogP contribution is 2.21. The highest BCUT2D eigenvalue weighted by Gasteiger charge is 2.07. The van der Waals surface area contributed by atoms with E-state index in [4.69, 9.17) is 22.1 Å². The molecule has 1 aromatic heterocycles. The van der Waals surface area contributed by atoms with Gasteiger partial charge in [0.05, 0.1) is 12.8 Å². The lowest BCUT2D eigenvalue weighted by Crippen LogP contribution is -1.95. The van der Waals surface area contributed by atoms with Crippen LogP contribution in [0.1, 0.15) is 16.8 Å². The van der Waals surface area contributed by atoms with Crippen molar-refractivity contribution in [3.8, 4) is 5.75 Å². The van der Waals surface area contributed by atoms with Gasteiger partial charge in [-0.05, 0) is 37.0 Å². The number of nitrogens with two attached hydrogens (primary N) is 1. The van der Waals surface area contributed by atoms with Crippen LogP contribution in [-0.4, -0.2) is 17.1 Å². The smallest absolute Gasteiger partial charge is 0.199 e. The molecule has 4 nitrogen and oxygen atoms in total. The number of hydrogen-bond acceptors (Lipinski definition) is 3. The Morgan fingerprint density at radius 2 is 2.17 bits per heavy atom. The first-order chi connectivity index (χ1) is 8.60. The second-order valence-electron chi connectivity index (χ2n) is 4.20. The molecule has 0 saturated heterocycles. The Morgan fingerprint density at radius 1 is 1.39 bits per heavy atom. The van der Waals surface area contributed by atoms with Crippen molar-refractivity contribution in [3.63, 3.8) is 0 Å². The van der Waals surface area contributed by atoms with Gasteiger partial charge in [-0.3, -0.25) is 0 Å². The number of ether oxygens (including phenoxy) is 1. The summed E-state index contributed by atoms with van der Waals surface area (Å²) in [5, 5.41) is 0.456. The van der Waals surface area contributed by atoms with Crippen LogP contribution in [0.15, 0.2) is 18.2 Å². The van der Waals surface area contributed by atoms with Crippen molar-refractivity contribution < 1.29 is 4.74 Å². The number of aryl methyl sites for hydroxylation is 3. The van der Waals surface area contributed by atoms with E-state index in [1.54, 1.807) is 7.11 Å². The molecule has 0 unspecified atom stereocenters. The number of anilines is 1. The van der Waals surface area contributed by atoms with E-state index in [2.05, 4.69) is 22.1 Å². The summed E-state index contributed by atoms with van der Waals surface area (Å²) in [6.07, 6.45) is 1.67. The Labute approximate surface area is 111 Å². The quantitative estimate of drug-likeness (QED) is 0.893. The third kappa shape index (κ3) is 2.76. The number of benzene rings is 1. The lowest BCUT2D eigenvalue weighted by atomic mass is 10.1. The van der Waals surface area contributed by atoms with Gasteiger partial charge in [-0.1, -0.05) is 23.7 Å². The number of aromatic amines is 1. The zero-order valence-corrected chi connectivity index (χ0v) is 11.2. The summed E-state index contributed by atoms with van der Waals surface area (Å²) >= 11 is 5.95. The van der Waals surface area contributed by atoms with Gasteiger partial charge in [0.25, 0.3) is 0 Å². The Bertz CT molecular complexity index is 551. The van der Waals surface area contributed by atoms with Crippen LogP contribution < -0.4 is 10.5 Å². The highest BCUT2D eigenvalue weighted by molar-refractivity contribution is 6.30. The summed E-state index contributed by atoms with van der Waals surface area (Å²) in [5.41, 5.74) is 8.78. The van der Waals surface area contributed by atoms with Crippen LogP contribution in [-0.2, 0) is 12.8 Å². The number of aromatic nitrogens is 2. The second-order valence-corrected chi connectivity index (χ2v) is 4.55. The fourth-order valence-electron chi connectivity index (χ4n) is 1.94. The number of methoxy groups -OCH3 is 1. The Morgan fingerprint density at radius 3 is 2.72 bits per heavy atom. The number of halogens is 1. The first-order valence-electron chi connectivity index (χ1n) is 5.73. The van der Waals surface area contributed by atoms with Crippen molar-refractivity contribution >= 4 is 17.5 Å². The first kappa shape index (κ1) is 12.8. The fraction of sp³-hybridized carbons (Fsp3) is 0.308. The minimum atomic E-state index is 0.362. The molecule has 96 valence electrons. The number of nitrogens with one attached hydrogen (secondary N) is 1. The average molecular weight is 266 g/mol. The van der Waals surface area contributed by atoms with Gasteiger partial charge < -0.3 is 15.5 Å². The number of hydrogen-bond donors (Lipinski definition) is 2. The summed E-state index contributed by atoms with van der Waals surface area (Å²) in [4.78, 5) is 6.90. The van der Waals surface area contributed by atoms with Gasteiger partial charge in [0, 0.05) is 0 Å². The van der Waals surface area contributed by atoms with E-state index in [1.165, 1.54) is 5.56 Å². The molecule has 0 atom stereocenters. The van der Waals surface area contributed by atoms with E-state index in [1.807, 2.05) is 13.0 Å². The molecule has 2 aromatic rings. The van der Waals surface area contributed by atoms with Crippen LogP contribution in [0.2, 0.25) is 5.15 Å². The summed E-state index contributed by atoms with van der Waals surface area (Å²) < 4.78 is 5.23. The molecule has 0 saturated carbocycles. The third-order valence-corrected chi connectivity index (χ3v) is 3.18. The molecule has 0 aliphatic heterocycles. The third-order valence-electron chi connectivity index (χ3n) is 2.87. The highest BCUT2D eigenvalue weighted by atomic mass is 35.5. The number of nitrogen functional groups attached to an aromatic ring is 1. The maximum absolute atomic E-state index is 5.95. The molecule has 0 bridgehead atoms. The van der Waals surface area contributed by atoms with E-state index in [9.17, 15) is 0 Å². The SMILES string of the molecule is COc1ccc(CCc2[nH]c(N)nc2Cl)cc1C. The van der Waals surface area contributed by atoms with Crippen LogP contribution in [0, 0.1) is 6.92 Å². The fourth-order valence-corrected chi connectivity index (χ4v) is 2.17. The largest absolute Gasteiger partial charge is 0.496 e. The summed E-state index contributed by atoms with van der Waals surface area (Å²) in [6, 6.07) is 6.15. The maximum atomic E-state index is 5.95. The minimum absolute atomic E-state index is 0.362. The van der Waals surface area contributed by atoms with Crippen LogP contribution >= 0.6 is 11.6 Å². The zero-order chi connectivity index (χ0) is 13.1. The van der Waals surface area contributed by atoms with E-state index >= 15 is 0 Å². The van der Waals surface area contributed by atoms with Gasteiger partial charge in [-0.2, -0.15) is 0 Å². The molecule has 3 N–H and O–H groups in total. The summed E-state index contributed by atoms with van der Waals surface area (Å²) in [7, 11) is 1.68. The molecule has 0 amide bonds. The van der Waals surface area contributed by atoms with Crippen molar-refractivity contribution in [2.45, 2.75) is 19.8 Å².